The number of ether oxygens (including phenoxy) is 3. The smallest absolute Gasteiger partial charge is 0.169 e. The van der Waals surface area contributed by atoms with E-state index in [1.807, 2.05) is 37.3 Å². The molecule has 0 radical (unpaired) electrons. The van der Waals surface area contributed by atoms with Crippen molar-refractivity contribution in [1.29, 1.82) is 0 Å². The van der Waals surface area contributed by atoms with Crippen LogP contribution in [0.3, 0.4) is 0 Å². The SMILES string of the molecule is C=C(C)C[C@H]1C(OCc2ccccc2)C(N=[N+]=[N-])[C@@H]2OC[C@H]1O2. The molecule has 0 N–H and O–H groups in total. The lowest BCUT2D eigenvalue weighted by molar-refractivity contribution is -0.173. The Labute approximate surface area is 135 Å². The first kappa shape index (κ1) is 16.0. The van der Waals surface area contributed by atoms with E-state index in [9.17, 15) is 0 Å². The largest absolute Gasteiger partial charge is 0.373 e. The number of allylic oxidation sites excluding steroid dienone is 1. The molecule has 0 aromatic heterocycles. The average Bonchev–Trinajstić information content (AvgIpc) is 2.98. The minimum Gasteiger partial charge on any atom is -0.373 e. The first-order valence-corrected chi connectivity index (χ1v) is 7.80. The fourth-order valence-electron chi connectivity index (χ4n) is 3.28. The first-order chi connectivity index (χ1) is 11.2. The molecule has 6 heteroatoms. The van der Waals surface area contributed by atoms with Gasteiger partial charge >= 0.3 is 0 Å². The van der Waals surface area contributed by atoms with E-state index in [1.165, 1.54) is 0 Å². The van der Waals surface area contributed by atoms with E-state index in [0.717, 1.165) is 17.6 Å². The second kappa shape index (κ2) is 7.15. The predicted octanol–water partition coefficient (Wildman–Crippen LogP) is 3.59. The van der Waals surface area contributed by atoms with Gasteiger partial charge in [-0.2, -0.15) is 0 Å². The predicted molar refractivity (Wildman–Crippen MR) is 85.5 cm³/mol. The van der Waals surface area contributed by atoms with Crippen LogP contribution in [0.4, 0.5) is 0 Å². The van der Waals surface area contributed by atoms with E-state index in [1.54, 1.807) is 0 Å². The zero-order valence-electron chi connectivity index (χ0n) is 13.2. The zero-order chi connectivity index (χ0) is 16.2. The van der Waals surface area contributed by atoms with Gasteiger partial charge in [0.25, 0.3) is 0 Å². The standard InChI is InChI=1S/C17H21N3O3/c1-11(2)8-13-14-10-22-17(23-14)15(19-20-18)16(13)21-9-12-6-4-3-5-7-12/h3-7,13-17H,1,8-10H2,2H3/t13-,14-,15?,16?,17-/m1/s1. The van der Waals surface area contributed by atoms with Gasteiger partial charge in [-0.15, -0.1) is 6.58 Å². The van der Waals surface area contributed by atoms with Crippen LogP contribution in [0.2, 0.25) is 0 Å². The van der Waals surface area contributed by atoms with Gasteiger partial charge in [-0.05, 0) is 24.4 Å². The van der Waals surface area contributed by atoms with Gasteiger partial charge in [-0.3, -0.25) is 0 Å². The van der Waals surface area contributed by atoms with Crippen LogP contribution < -0.4 is 0 Å². The summed E-state index contributed by atoms with van der Waals surface area (Å²) in [5.74, 6) is 0.0745. The van der Waals surface area contributed by atoms with E-state index >= 15 is 0 Å². The monoisotopic (exact) mass is 315 g/mol. The third kappa shape index (κ3) is 3.57. The number of hydrogen-bond acceptors (Lipinski definition) is 4. The van der Waals surface area contributed by atoms with Gasteiger partial charge in [0.15, 0.2) is 6.29 Å². The molecular formula is C17H21N3O3. The second-order valence-electron chi connectivity index (χ2n) is 6.16. The van der Waals surface area contributed by atoms with Gasteiger partial charge in [-0.25, -0.2) is 0 Å². The number of azide groups is 1. The molecule has 1 aromatic rings. The maximum Gasteiger partial charge on any atom is 0.169 e. The molecule has 2 aliphatic rings. The fraction of sp³-hybridized carbons (Fsp3) is 0.529. The molecule has 2 saturated heterocycles. The Morgan fingerprint density at radius 2 is 2.22 bits per heavy atom. The Kier molecular flexibility index (Phi) is 4.98. The zero-order valence-corrected chi connectivity index (χ0v) is 13.2. The van der Waals surface area contributed by atoms with Gasteiger partial charge < -0.3 is 14.2 Å². The summed E-state index contributed by atoms with van der Waals surface area (Å²) >= 11 is 0. The van der Waals surface area contributed by atoms with Gasteiger partial charge in [0, 0.05) is 10.8 Å². The molecule has 1 aromatic carbocycles. The van der Waals surface area contributed by atoms with Crippen LogP contribution in [-0.2, 0) is 20.8 Å². The minimum atomic E-state index is -0.516. The van der Waals surface area contributed by atoms with Crippen molar-refractivity contribution in [2.75, 3.05) is 6.61 Å². The highest BCUT2D eigenvalue weighted by molar-refractivity contribution is 5.14. The maximum atomic E-state index is 8.89. The molecule has 5 atom stereocenters. The molecule has 0 saturated carbocycles. The average molecular weight is 315 g/mol. The number of nitrogens with zero attached hydrogens (tertiary/aromatic N) is 3. The summed E-state index contributed by atoms with van der Waals surface area (Å²) in [4.78, 5) is 2.96. The second-order valence-corrected chi connectivity index (χ2v) is 6.16. The summed E-state index contributed by atoms with van der Waals surface area (Å²) in [7, 11) is 0. The van der Waals surface area contributed by atoms with Gasteiger partial charge in [0.2, 0.25) is 0 Å². The molecule has 3 rings (SSSR count). The molecule has 2 unspecified atom stereocenters. The maximum absolute atomic E-state index is 8.89. The van der Waals surface area contributed by atoms with E-state index in [4.69, 9.17) is 19.7 Å². The van der Waals surface area contributed by atoms with E-state index in [0.29, 0.717) is 13.2 Å². The number of fused-ring (bicyclic) bond motifs is 2. The summed E-state index contributed by atoms with van der Waals surface area (Å²) in [6.45, 7) is 6.96. The molecule has 2 fully saturated rings. The Bertz CT molecular complexity index is 600. The van der Waals surface area contributed by atoms with Crippen molar-refractivity contribution in [2.45, 2.75) is 44.5 Å². The highest BCUT2D eigenvalue weighted by Crippen LogP contribution is 2.39. The van der Waals surface area contributed by atoms with Crippen LogP contribution in [0, 0.1) is 5.92 Å². The minimum absolute atomic E-state index is 0.0392. The van der Waals surface area contributed by atoms with Crippen LogP contribution in [-0.4, -0.2) is 31.1 Å². The van der Waals surface area contributed by atoms with Crippen molar-refractivity contribution < 1.29 is 14.2 Å². The summed E-state index contributed by atoms with van der Waals surface area (Å²) < 4.78 is 17.7. The van der Waals surface area contributed by atoms with Crippen LogP contribution >= 0.6 is 0 Å². The Balaban J connectivity index is 1.80. The molecule has 0 amide bonds. The third-order valence-electron chi connectivity index (χ3n) is 4.30. The molecule has 2 heterocycles. The fourth-order valence-corrected chi connectivity index (χ4v) is 3.28. The van der Waals surface area contributed by atoms with E-state index < -0.39 is 12.3 Å². The van der Waals surface area contributed by atoms with Crippen molar-refractivity contribution in [3.05, 3.63) is 58.5 Å². The molecule has 0 aliphatic carbocycles. The lowest BCUT2D eigenvalue weighted by atomic mass is 9.84. The highest BCUT2D eigenvalue weighted by Gasteiger charge is 2.50. The number of rotatable bonds is 6. The molecule has 2 bridgehead atoms. The summed E-state index contributed by atoms with van der Waals surface area (Å²) in [5, 5.41) is 3.89. The van der Waals surface area contributed by atoms with Crippen LogP contribution in [0.25, 0.3) is 10.4 Å². The lowest BCUT2D eigenvalue weighted by Gasteiger charge is -2.39. The lowest BCUT2D eigenvalue weighted by Crippen LogP contribution is -2.50. The van der Waals surface area contributed by atoms with Gasteiger partial charge in [-0.1, -0.05) is 41.0 Å². The van der Waals surface area contributed by atoms with Crippen LogP contribution in [0.5, 0.6) is 0 Å². The Morgan fingerprint density at radius 3 is 2.91 bits per heavy atom. The topological polar surface area (TPSA) is 76.5 Å². The van der Waals surface area contributed by atoms with Crippen molar-refractivity contribution in [1.82, 2.24) is 0 Å². The summed E-state index contributed by atoms with van der Waals surface area (Å²) in [5.41, 5.74) is 11.0. The van der Waals surface area contributed by atoms with E-state index in [2.05, 4.69) is 16.6 Å². The summed E-state index contributed by atoms with van der Waals surface area (Å²) in [6.07, 6.45) is -0.0350. The quantitative estimate of drug-likeness (QED) is 0.348. The Morgan fingerprint density at radius 1 is 1.43 bits per heavy atom. The van der Waals surface area contributed by atoms with Crippen molar-refractivity contribution in [2.24, 2.45) is 11.0 Å². The molecule has 6 nitrogen and oxygen atoms in total. The normalized spacial score (nSPS) is 32.3. The van der Waals surface area contributed by atoms with Crippen molar-refractivity contribution in [3.8, 4) is 0 Å². The van der Waals surface area contributed by atoms with Crippen LogP contribution in [0.15, 0.2) is 47.6 Å². The van der Waals surface area contributed by atoms with E-state index in [-0.39, 0.29) is 18.1 Å². The highest BCUT2D eigenvalue weighted by atomic mass is 16.7. The third-order valence-corrected chi connectivity index (χ3v) is 4.30. The van der Waals surface area contributed by atoms with Gasteiger partial charge in [0.05, 0.1) is 25.4 Å². The molecule has 2 aliphatic heterocycles. The number of hydrogen-bond donors (Lipinski definition) is 0. The Hall–Kier alpha value is -1.85. The van der Waals surface area contributed by atoms with Crippen molar-refractivity contribution >= 4 is 0 Å². The number of benzene rings is 1. The molecular weight excluding hydrogens is 294 g/mol. The summed E-state index contributed by atoms with van der Waals surface area (Å²) in [6, 6.07) is 9.48. The first-order valence-electron chi connectivity index (χ1n) is 7.80. The van der Waals surface area contributed by atoms with Gasteiger partial charge in [0.1, 0.15) is 6.04 Å². The van der Waals surface area contributed by atoms with Crippen LogP contribution in [0.1, 0.15) is 18.9 Å². The molecule has 0 spiro atoms. The molecule has 122 valence electrons. The van der Waals surface area contributed by atoms with Crippen molar-refractivity contribution in [3.63, 3.8) is 0 Å². The molecule has 23 heavy (non-hydrogen) atoms.